The highest BCUT2D eigenvalue weighted by Gasteiger charge is 2.33. The molecule has 0 aliphatic heterocycles. The minimum atomic E-state index is -4.48. The van der Waals surface area contributed by atoms with Crippen molar-refractivity contribution in [2.75, 3.05) is 5.32 Å². The summed E-state index contributed by atoms with van der Waals surface area (Å²) in [6.07, 6.45) is -4.48. The van der Waals surface area contributed by atoms with Gasteiger partial charge in [-0.15, -0.1) is 0 Å². The van der Waals surface area contributed by atoms with E-state index in [1.807, 2.05) is 6.07 Å². The van der Waals surface area contributed by atoms with Crippen LogP contribution >= 0.6 is 27.5 Å². The van der Waals surface area contributed by atoms with E-state index in [2.05, 4.69) is 26.2 Å². The van der Waals surface area contributed by atoms with Gasteiger partial charge in [0.25, 0.3) is 0 Å². The van der Waals surface area contributed by atoms with Crippen molar-refractivity contribution >= 4 is 39.0 Å². The Kier molecular flexibility index (Phi) is 4.40. The van der Waals surface area contributed by atoms with E-state index in [-0.39, 0.29) is 26.7 Å². The summed E-state index contributed by atoms with van der Waals surface area (Å²) >= 11 is 8.59. The number of alkyl halides is 3. The molecule has 3 nitrogen and oxygen atoms in total. The third-order valence-electron chi connectivity index (χ3n) is 2.47. The molecule has 0 unspecified atom stereocenters. The molecule has 1 heterocycles. The van der Waals surface area contributed by atoms with Crippen molar-refractivity contribution in [3.8, 4) is 6.07 Å². The molecular weight excluding hydrogens is 371 g/mol. The molecule has 0 amide bonds. The van der Waals surface area contributed by atoms with Crippen molar-refractivity contribution in [3.05, 3.63) is 51.1 Å². The van der Waals surface area contributed by atoms with Gasteiger partial charge in [0.2, 0.25) is 0 Å². The number of aromatic nitrogens is 1. The van der Waals surface area contributed by atoms with E-state index in [0.29, 0.717) is 0 Å². The lowest BCUT2D eigenvalue weighted by Gasteiger charge is -2.12. The molecule has 1 N–H and O–H groups in total. The third-order valence-corrected chi connectivity index (χ3v) is 3.35. The van der Waals surface area contributed by atoms with Gasteiger partial charge in [0.1, 0.15) is 11.0 Å². The highest BCUT2D eigenvalue weighted by molar-refractivity contribution is 9.10. The molecule has 2 rings (SSSR count). The third kappa shape index (κ3) is 3.86. The van der Waals surface area contributed by atoms with Gasteiger partial charge in [-0.1, -0.05) is 27.5 Å². The van der Waals surface area contributed by atoms with Crippen molar-refractivity contribution < 1.29 is 13.2 Å². The van der Waals surface area contributed by atoms with Gasteiger partial charge in [-0.2, -0.15) is 18.4 Å². The first-order chi connectivity index (χ1) is 9.79. The number of rotatable bonds is 2. The molecule has 0 bridgehead atoms. The van der Waals surface area contributed by atoms with E-state index in [1.54, 1.807) is 0 Å². The number of nitrogens with one attached hydrogen (secondary N) is 1. The second-order valence-corrected chi connectivity index (χ2v) is 5.23. The van der Waals surface area contributed by atoms with Crippen LogP contribution in [0.3, 0.4) is 0 Å². The molecule has 0 saturated heterocycles. The number of hydrogen-bond acceptors (Lipinski definition) is 3. The van der Waals surface area contributed by atoms with E-state index < -0.39 is 11.7 Å². The van der Waals surface area contributed by atoms with Gasteiger partial charge >= 0.3 is 6.18 Å². The van der Waals surface area contributed by atoms with Gasteiger partial charge in [-0.3, -0.25) is 0 Å². The Morgan fingerprint density at radius 1 is 1.24 bits per heavy atom. The van der Waals surface area contributed by atoms with E-state index in [9.17, 15) is 13.2 Å². The zero-order valence-electron chi connectivity index (χ0n) is 10.2. The van der Waals surface area contributed by atoms with Crippen LogP contribution in [-0.4, -0.2) is 4.98 Å². The summed E-state index contributed by atoms with van der Waals surface area (Å²) in [5.74, 6) is 0.189. The minimum Gasteiger partial charge on any atom is -0.340 e. The molecule has 108 valence electrons. The fourth-order valence-corrected chi connectivity index (χ4v) is 2.27. The van der Waals surface area contributed by atoms with Gasteiger partial charge in [-0.05, 0) is 30.3 Å². The maximum atomic E-state index is 12.8. The van der Waals surface area contributed by atoms with Crippen molar-refractivity contribution in [1.29, 1.82) is 5.26 Å². The number of anilines is 2. The molecule has 8 heteroatoms. The zero-order valence-corrected chi connectivity index (χ0v) is 12.5. The first-order valence-electron chi connectivity index (χ1n) is 5.51. The Labute approximate surface area is 131 Å². The van der Waals surface area contributed by atoms with Crippen LogP contribution in [0.15, 0.2) is 34.8 Å². The standard InChI is InChI=1S/C13H6BrClF3N3/c14-10-2-1-8(5-9(10)13(16,17)18)20-12-4-7(6-19)3-11(15)21-12/h1-5H,(H,20,21). The average Bonchev–Trinajstić information content (AvgIpc) is 2.39. The van der Waals surface area contributed by atoms with Crippen LogP contribution in [-0.2, 0) is 6.18 Å². The van der Waals surface area contributed by atoms with Crippen molar-refractivity contribution in [3.63, 3.8) is 0 Å². The maximum absolute atomic E-state index is 12.8. The topological polar surface area (TPSA) is 48.7 Å². The molecule has 1 aromatic carbocycles. The molecule has 0 aliphatic carbocycles. The fourth-order valence-electron chi connectivity index (χ4n) is 1.59. The predicted octanol–water partition coefficient (Wildman–Crippen LogP) is 5.13. The van der Waals surface area contributed by atoms with Crippen molar-refractivity contribution in [2.45, 2.75) is 6.18 Å². The lowest BCUT2D eigenvalue weighted by molar-refractivity contribution is -0.138. The number of nitrogens with zero attached hydrogens (tertiary/aromatic N) is 2. The van der Waals surface area contributed by atoms with Crippen molar-refractivity contribution in [1.82, 2.24) is 4.98 Å². The summed E-state index contributed by atoms with van der Waals surface area (Å²) in [6, 6.07) is 8.31. The van der Waals surface area contributed by atoms with Crippen molar-refractivity contribution in [2.24, 2.45) is 0 Å². The Morgan fingerprint density at radius 2 is 1.95 bits per heavy atom. The molecule has 0 saturated carbocycles. The summed E-state index contributed by atoms with van der Waals surface area (Å²) < 4.78 is 38.4. The number of benzene rings is 1. The SMILES string of the molecule is N#Cc1cc(Cl)nc(Nc2ccc(Br)c(C(F)(F)F)c2)c1. The second kappa shape index (κ2) is 5.92. The van der Waals surface area contributed by atoms with Crippen LogP contribution < -0.4 is 5.32 Å². The smallest absolute Gasteiger partial charge is 0.340 e. The second-order valence-electron chi connectivity index (χ2n) is 3.99. The Morgan fingerprint density at radius 3 is 2.57 bits per heavy atom. The monoisotopic (exact) mass is 375 g/mol. The van der Waals surface area contributed by atoms with E-state index >= 15 is 0 Å². The molecular formula is C13H6BrClF3N3. The van der Waals surface area contributed by atoms with Crippen LogP contribution in [0.4, 0.5) is 24.7 Å². The molecule has 21 heavy (non-hydrogen) atoms. The van der Waals surface area contributed by atoms with E-state index in [4.69, 9.17) is 16.9 Å². The van der Waals surface area contributed by atoms with Crippen LogP contribution in [0.5, 0.6) is 0 Å². The lowest BCUT2D eigenvalue weighted by Crippen LogP contribution is -2.07. The molecule has 0 atom stereocenters. The lowest BCUT2D eigenvalue weighted by atomic mass is 10.2. The first-order valence-corrected chi connectivity index (χ1v) is 6.68. The predicted molar refractivity (Wildman–Crippen MR) is 76.4 cm³/mol. The largest absolute Gasteiger partial charge is 0.417 e. The maximum Gasteiger partial charge on any atom is 0.417 e. The number of hydrogen-bond donors (Lipinski definition) is 1. The van der Waals surface area contributed by atoms with Crippen LogP contribution in [0.25, 0.3) is 0 Å². The molecule has 1 aromatic heterocycles. The molecule has 2 aromatic rings. The highest BCUT2D eigenvalue weighted by Crippen LogP contribution is 2.36. The summed E-state index contributed by atoms with van der Waals surface area (Å²) in [7, 11) is 0. The summed E-state index contributed by atoms with van der Waals surface area (Å²) in [4.78, 5) is 3.90. The summed E-state index contributed by atoms with van der Waals surface area (Å²) in [5.41, 5.74) is -0.370. The summed E-state index contributed by atoms with van der Waals surface area (Å²) in [6.45, 7) is 0. The molecule has 0 radical (unpaired) electrons. The number of pyridine rings is 1. The first kappa shape index (κ1) is 15.6. The molecule has 0 spiro atoms. The van der Waals surface area contributed by atoms with Gasteiger partial charge in [0.05, 0.1) is 17.2 Å². The molecule has 0 fully saturated rings. The number of halogens is 5. The van der Waals surface area contributed by atoms with Gasteiger partial charge in [0, 0.05) is 10.2 Å². The summed E-state index contributed by atoms with van der Waals surface area (Å²) in [5, 5.41) is 11.6. The Hall–Kier alpha value is -1.78. The fraction of sp³-hybridized carbons (Fsp3) is 0.0769. The van der Waals surface area contributed by atoms with Crippen LogP contribution in [0.1, 0.15) is 11.1 Å². The van der Waals surface area contributed by atoms with Gasteiger partial charge < -0.3 is 5.32 Å². The Bertz CT molecular complexity index is 726. The van der Waals surface area contributed by atoms with E-state index in [0.717, 1.165) is 6.07 Å². The van der Waals surface area contributed by atoms with Crippen LogP contribution in [0.2, 0.25) is 5.15 Å². The van der Waals surface area contributed by atoms with Gasteiger partial charge in [0.15, 0.2) is 0 Å². The average molecular weight is 377 g/mol. The minimum absolute atomic E-state index is 0.0580. The van der Waals surface area contributed by atoms with E-state index in [1.165, 1.54) is 24.3 Å². The van der Waals surface area contributed by atoms with Gasteiger partial charge in [-0.25, -0.2) is 4.98 Å². The quantitative estimate of drug-likeness (QED) is 0.739. The number of nitriles is 1. The zero-order chi connectivity index (χ0) is 15.6. The molecule has 0 aliphatic rings. The Balaban J connectivity index is 2.37. The normalized spacial score (nSPS) is 11.0. The highest BCUT2D eigenvalue weighted by atomic mass is 79.9. The van der Waals surface area contributed by atoms with Crippen LogP contribution in [0, 0.1) is 11.3 Å².